The summed E-state index contributed by atoms with van der Waals surface area (Å²) >= 11 is 0. The molecule has 2 rings (SSSR count). The molecule has 0 saturated heterocycles. The normalized spacial score (nSPS) is 11.3. The average molecular weight is 412 g/mol. The van der Waals surface area contributed by atoms with Crippen LogP contribution in [-0.2, 0) is 21.6 Å². The average Bonchev–Trinajstić information content (AvgIpc) is 2.70. The number of nitrogens with one attached hydrogen (secondary N) is 1. The van der Waals surface area contributed by atoms with E-state index in [1.165, 1.54) is 5.56 Å². The molecule has 5 heteroatoms. The van der Waals surface area contributed by atoms with E-state index >= 15 is 0 Å². The van der Waals surface area contributed by atoms with E-state index in [4.69, 9.17) is 9.47 Å². The molecule has 5 nitrogen and oxygen atoms in total. The molecule has 0 aliphatic rings. The Bertz CT molecular complexity index is 818. The first-order valence-corrected chi connectivity index (χ1v) is 10.4. The van der Waals surface area contributed by atoms with Crippen LogP contribution >= 0.6 is 0 Å². The Morgan fingerprint density at radius 1 is 0.967 bits per heavy atom. The maximum atomic E-state index is 12.1. The molecule has 0 spiro atoms. The molecule has 162 valence electrons. The minimum absolute atomic E-state index is 0.109. The van der Waals surface area contributed by atoms with Crippen molar-refractivity contribution in [1.29, 1.82) is 0 Å². The molecule has 0 aromatic heterocycles. The van der Waals surface area contributed by atoms with E-state index in [9.17, 15) is 9.59 Å². The molecule has 2 aromatic carbocycles. The first kappa shape index (κ1) is 23.5. The van der Waals surface area contributed by atoms with Crippen LogP contribution in [0.4, 0.5) is 0 Å². The lowest BCUT2D eigenvalue weighted by atomic mass is 9.87. The van der Waals surface area contributed by atoms with Crippen LogP contribution in [0.1, 0.15) is 62.5 Å². The Balaban J connectivity index is 1.78. The highest BCUT2D eigenvalue weighted by molar-refractivity contribution is 5.91. The molecule has 0 heterocycles. The minimum atomic E-state index is -0.515. The van der Waals surface area contributed by atoms with Crippen LogP contribution in [0.25, 0.3) is 0 Å². The van der Waals surface area contributed by atoms with E-state index in [1.807, 2.05) is 24.3 Å². The van der Waals surface area contributed by atoms with E-state index in [2.05, 4.69) is 52.1 Å². The lowest BCUT2D eigenvalue weighted by molar-refractivity contribution is -0.124. The van der Waals surface area contributed by atoms with Crippen molar-refractivity contribution in [2.45, 2.75) is 53.1 Å². The van der Waals surface area contributed by atoms with Gasteiger partial charge < -0.3 is 14.8 Å². The van der Waals surface area contributed by atoms with Crippen molar-refractivity contribution in [2.24, 2.45) is 5.92 Å². The summed E-state index contributed by atoms with van der Waals surface area (Å²) in [6.45, 7) is 11.4. The monoisotopic (exact) mass is 411 g/mol. The third kappa shape index (κ3) is 7.90. The maximum absolute atomic E-state index is 12.1. The van der Waals surface area contributed by atoms with Crippen LogP contribution in [0.15, 0.2) is 48.5 Å². The Kier molecular flexibility index (Phi) is 8.46. The van der Waals surface area contributed by atoms with Gasteiger partial charge in [-0.2, -0.15) is 0 Å². The lowest BCUT2D eigenvalue weighted by Gasteiger charge is -2.19. The summed E-state index contributed by atoms with van der Waals surface area (Å²) in [5.74, 6) is 0.513. The molecule has 0 saturated carbocycles. The van der Waals surface area contributed by atoms with Gasteiger partial charge in [0.25, 0.3) is 5.91 Å². The molecule has 30 heavy (non-hydrogen) atoms. The second kappa shape index (κ2) is 10.8. The lowest BCUT2D eigenvalue weighted by Crippen LogP contribution is -2.30. The summed E-state index contributed by atoms with van der Waals surface area (Å²) in [5.41, 5.74) is 2.71. The highest BCUT2D eigenvalue weighted by Gasteiger charge is 2.13. The molecule has 0 fully saturated rings. The van der Waals surface area contributed by atoms with E-state index in [0.29, 0.717) is 24.6 Å². The van der Waals surface area contributed by atoms with Crippen molar-refractivity contribution in [3.63, 3.8) is 0 Å². The molecule has 1 amide bonds. The van der Waals surface area contributed by atoms with Gasteiger partial charge in [-0.05, 0) is 53.1 Å². The summed E-state index contributed by atoms with van der Waals surface area (Å²) in [7, 11) is 0. The Morgan fingerprint density at radius 3 is 2.17 bits per heavy atom. The molecule has 0 radical (unpaired) electrons. The summed E-state index contributed by atoms with van der Waals surface area (Å²) < 4.78 is 10.9. The van der Waals surface area contributed by atoms with Gasteiger partial charge in [-0.1, -0.05) is 58.9 Å². The fourth-order valence-corrected chi connectivity index (χ4v) is 2.72. The van der Waals surface area contributed by atoms with Gasteiger partial charge in [0.2, 0.25) is 0 Å². The van der Waals surface area contributed by atoms with Gasteiger partial charge in [-0.25, -0.2) is 4.79 Å². The molecule has 2 aromatic rings. The highest BCUT2D eigenvalue weighted by Crippen LogP contribution is 2.24. The summed E-state index contributed by atoms with van der Waals surface area (Å²) in [5, 5.41) is 2.74. The third-order valence-electron chi connectivity index (χ3n) is 4.69. The molecule has 0 bridgehead atoms. The van der Waals surface area contributed by atoms with Gasteiger partial charge in [0.15, 0.2) is 6.61 Å². The van der Waals surface area contributed by atoms with Crippen molar-refractivity contribution in [3.05, 3.63) is 65.2 Å². The van der Waals surface area contributed by atoms with Crippen molar-refractivity contribution >= 4 is 11.9 Å². The number of carbonyl (C=O) groups excluding carboxylic acids is 2. The van der Waals surface area contributed by atoms with Crippen molar-refractivity contribution in [3.8, 4) is 5.75 Å². The van der Waals surface area contributed by atoms with E-state index in [1.54, 1.807) is 12.1 Å². The Labute approximate surface area is 179 Å². The second-order valence-corrected chi connectivity index (χ2v) is 8.87. The minimum Gasteiger partial charge on any atom is -0.489 e. The predicted molar refractivity (Wildman–Crippen MR) is 119 cm³/mol. The third-order valence-corrected chi connectivity index (χ3v) is 4.69. The summed E-state index contributed by atoms with van der Waals surface area (Å²) in [4.78, 5) is 23.8. The summed E-state index contributed by atoms with van der Waals surface area (Å²) in [6, 6.07) is 15.1. The van der Waals surface area contributed by atoms with Crippen LogP contribution < -0.4 is 10.1 Å². The van der Waals surface area contributed by atoms with Crippen LogP contribution in [-0.4, -0.2) is 25.0 Å². The number of benzene rings is 2. The quantitative estimate of drug-likeness (QED) is 0.597. The zero-order chi connectivity index (χ0) is 22.1. The molecule has 0 aliphatic heterocycles. The van der Waals surface area contributed by atoms with Gasteiger partial charge >= 0.3 is 5.97 Å². The topological polar surface area (TPSA) is 64.6 Å². The number of carbonyl (C=O) groups is 2. The summed E-state index contributed by atoms with van der Waals surface area (Å²) in [6.07, 6.45) is 0.893. The van der Waals surface area contributed by atoms with Crippen molar-refractivity contribution < 1.29 is 19.1 Å². The van der Waals surface area contributed by atoms with Gasteiger partial charge in [0, 0.05) is 6.54 Å². The van der Waals surface area contributed by atoms with Gasteiger partial charge in [0.05, 0.1) is 5.56 Å². The van der Waals surface area contributed by atoms with Crippen LogP contribution in [0.5, 0.6) is 5.75 Å². The molecule has 0 aliphatic carbocycles. The molecular weight excluding hydrogens is 378 g/mol. The number of amides is 1. The van der Waals surface area contributed by atoms with Crippen LogP contribution in [0, 0.1) is 5.92 Å². The molecular formula is C25H33NO4. The standard InChI is InChI=1S/C25H33NO4/c1-18(2)14-15-26-23(27)17-30-24(28)20-8-6-19(7-9-20)16-29-22-12-10-21(11-13-22)25(3,4)5/h6-13,18H,14-17H2,1-5H3,(H,26,27). The smallest absolute Gasteiger partial charge is 0.338 e. The van der Waals surface area contributed by atoms with Gasteiger partial charge in [-0.15, -0.1) is 0 Å². The zero-order valence-corrected chi connectivity index (χ0v) is 18.7. The number of esters is 1. The number of hydrogen-bond acceptors (Lipinski definition) is 4. The van der Waals surface area contributed by atoms with Crippen LogP contribution in [0.2, 0.25) is 0 Å². The first-order valence-electron chi connectivity index (χ1n) is 10.4. The molecule has 0 unspecified atom stereocenters. The SMILES string of the molecule is CC(C)CCNC(=O)COC(=O)c1ccc(COc2ccc(C(C)(C)C)cc2)cc1. The fraction of sp³-hybridized carbons (Fsp3) is 0.440. The Morgan fingerprint density at radius 2 is 1.60 bits per heavy atom. The predicted octanol–water partition coefficient (Wildman–Crippen LogP) is 4.88. The number of hydrogen-bond donors (Lipinski definition) is 1. The maximum Gasteiger partial charge on any atom is 0.338 e. The molecule has 0 atom stereocenters. The Hall–Kier alpha value is -2.82. The second-order valence-electron chi connectivity index (χ2n) is 8.87. The zero-order valence-electron chi connectivity index (χ0n) is 18.7. The highest BCUT2D eigenvalue weighted by atomic mass is 16.5. The van der Waals surface area contributed by atoms with Crippen molar-refractivity contribution in [2.75, 3.05) is 13.2 Å². The van der Waals surface area contributed by atoms with Gasteiger partial charge in [-0.3, -0.25) is 4.79 Å². The molecule has 1 N–H and O–H groups in total. The largest absolute Gasteiger partial charge is 0.489 e. The van der Waals surface area contributed by atoms with E-state index < -0.39 is 5.97 Å². The van der Waals surface area contributed by atoms with Gasteiger partial charge in [0.1, 0.15) is 12.4 Å². The fourth-order valence-electron chi connectivity index (χ4n) is 2.72. The number of rotatable bonds is 9. The van der Waals surface area contributed by atoms with Crippen molar-refractivity contribution in [1.82, 2.24) is 5.32 Å². The van der Waals surface area contributed by atoms with E-state index in [-0.39, 0.29) is 17.9 Å². The van der Waals surface area contributed by atoms with E-state index in [0.717, 1.165) is 17.7 Å². The number of ether oxygens (including phenoxy) is 2. The first-order chi connectivity index (χ1) is 14.1. The van der Waals surface area contributed by atoms with Crippen LogP contribution in [0.3, 0.4) is 0 Å².